The van der Waals surface area contributed by atoms with Crippen LogP contribution >= 0.6 is 15.9 Å². The molecule has 3 aromatic carbocycles. The molecule has 2 N–H and O–H groups in total. The summed E-state index contributed by atoms with van der Waals surface area (Å²) in [6.45, 7) is 2.42. The summed E-state index contributed by atoms with van der Waals surface area (Å²) in [6.07, 6.45) is 2.29. The molecule has 2 atom stereocenters. The Balaban J connectivity index is 1.47. The van der Waals surface area contributed by atoms with Gasteiger partial charge in [-0.1, -0.05) is 64.5 Å². The van der Waals surface area contributed by atoms with Crippen molar-refractivity contribution in [3.8, 4) is 5.75 Å². The average molecular weight is 517 g/mol. The highest BCUT2D eigenvalue weighted by Crippen LogP contribution is 2.52. The lowest BCUT2D eigenvalue weighted by Gasteiger charge is -2.56. The van der Waals surface area contributed by atoms with Gasteiger partial charge in [0.05, 0.1) is 12.7 Å². The Morgan fingerprint density at radius 1 is 1.03 bits per heavy atom. The molecule has 4 aromatic rings. The van der Waals surface area contributed by atoms with Crippen LogP contribution < -0.4 is 4.74 Å². The number of aromatic nitrogens is 1. The van der Waals surface area contributed by atoms with E-state index >= 15 is 0 Å². The molecule has 2 heterocycles. The number of likely N-dealkylation sites (tertiary alicyclic amines) is 1. The Labute approximate surface area is 208 Å². The number of fused-ring (bicyclic) bond motifs is 4. The molecule has 6 rings (SSSR count). The van der Waals surface area contributed by atoms with Crippen LogP contribution in [-0.4, -0.2) is 40.8 Å². The van der Waals surface area contributed by atoms with E-state index in [0.717, 1.165) is 47.2 Å². The summed E-state index contributed by atoms with van der Waals surface area (Å²) in [5, 5.41) is 13.8. The van der Waals surface area contributed by atoms with Gasteiger partial charge in [-0.3, -0.25) is 4.90 Å². The van der Waals surface area contributed by atoms with Crippen molar-refractivity contribution in [3.05, 3.63) is 99.7 Å². The van der Waals surface area contributed by atoms with Gasteiger partial charge in [0.2, 0.25) is 0 Å². The summed E-state index contributed by atoms with van der Waals surface area (Å²) in [6, 6.07) is 25.2. The summed E-state index contributed by atoms with van der Waals surface area (Å²) >= 11 is 3.77. The Bertz CT molecular complexity index is 1350. The second-order valence-corrected chi connectivity index (χ2v) is 10.7. The summed E-state index contributed by atoms with van der Waals surface area (Å²) in [7, 11) is 1.71. The maximum absolute atomic E-state index is 12.6. The second kappa shape index (κ2) is 8.26. The summed E-state index contributed by atoms with van der Waals surface area (Å²) in [4.78, 5) is 6.11. The number of nitrogens with one attached hydrogen (secondary N) is 1. The van der Waals surface area contributed by atoms with Crippen molar-refractivity contribution >= 4 is 26.8 Å². The molecule has 1 saturated heterocycles. The molecule has 174 valence electrons. The van der Waals surface area contributed by atoms with Crippen LogP contribution in [-0.2, 0) is 24.8 Å². The number of ether oxygens (including phenoxy) is 1. The van der Waals surface area contributed by atoms with E-state index in [-0.39, 0.29) is 5.41 Å². The highest BCUT2D eigenvalue weighted by Gasteiger charge is 2.57. The van der Waals surface area contributed by atoms with Crippen LogP contribution in [0.15, 0.2) is 77.3 Å². The smallest absolute Gasteiger partial charge is 0.119 e. The summed E-state index contributed by atoms with van der Waals surface area (Å²) in [5.41, 5.74) is 4.78. The maximum atomic E-state index is 12.6. The summed E-state index contributed by atoms with van der Waals surface area (Å²) < 4.78 is 6.66. The molecule has 0 spiro atoms. The van der Waals surface area contributed by atoms with Crippen molar-refractivity contribution < 1.29 is 9.84 Å². The van der Waals surface area contributed by atoms with Crippen LogP contribution in [0, 0.1) is 0 Å². The Morgan fingerprint density at radius 2 is 1.85 bits per heavy atom. The van der Waals surface area contributed by atoms with Crippen molar-refractivity contribution in [2.24, 2.45) is 0 Å². The van der Waals surface area contributed by atoms with Gasteiger partial charge >= 0.3 is 0 Å². The molecule has 4 nitrogen and oxygen atoms in total. The molecule has 1 aromatic heterocycles. The normalized spacial score (nSPS) is 24.6. The number of benzene rings is 3. The fraction of sp³-hybridized carbons (Fsp3) is 0.310. The number of piperidine rings is 1. The maximum Gasteiger partial charge on any atom is 0.119 e. The van der Waals surface area contributed by atoms with Crippen molar-refractivity contribution in [2.75, 3.05) is 20.2 Å². The van der Waals surface area contributed by atoms with Crippen molar-refractivity contribution in [1.29, 1.82) is 0 Å². The van der Waals surface area contributed by atoms with E-state index in [9.17, 15) is 5.11 Å². The number of hydrogen-bond acceptors (Lipinski definition) is 3. The van der Waals surface area contributed by atoms with Crippen LogP contribution in [0.2, 0.25) is 0 Å². The fourth-order valence-electron chi connectivity index (χ4n) is 6.34. The highest BCUT2D eigenvalue weighted by atomic mass is 79.9. The molecule has 34 heavy (non-hydrogen) atoms. The monoisotopic (exact) mass is 516 g/mol. The van der Waals surface area contributed by atoms with Crippen LogP contribution in [0.3, 0.4) is 0 Å². The van der Waals surface area contributed by atoms with Gasteiger partial charge in [-0.2, -0.15) is 0 Å². The third-order valence-electron chi connectivity index (χ3n) is 8.02. The number of H-pyrrole nitrogens is 1. The average Bonchev–Trinajstić information content (AvgIpc) is 3.20. The predicted octanol–water partition coefficient (Wildman–Crippen LogP) is 5.61. The molecular weight excluding hydrogens is 488 g/mol. The van der Waals surface area contributed by atoms with Gasteiger partial charge in [-0.05, 0) is 53.9 Å². The van der Waals surface area contributed by atoms with Gasteiger partial charge in [0, 0.05) is 52.4 Å². The van der Waals surface area contributed by atoms with E-state index in [1.807, 2.05) is 6.07 Å². The lowest BCUT2D eigenvalue weighted by molar-refractivity contribution is -0.105. The van der Waals surface area contributed by atoms with Gasteiger partial charge in [0.1, 0.15) is 5.75 Å². The molecule has 1 aliphatic heterocycles. The topological polar surface area (TPSA) is 48.5 Å². The molecule has 0 radical (unpaired) electrons. The van der Waals surface area contributed by atoms with E-state index < -0.39 is 5.60 Å². The van der Waals surface area contributed by atoms with Crippen LogP contribution in [0.1, 0.15) is 28.8 Å². The first kappa shape index (κ1) is 21.9. The highest BCUT2D eigenvalue weighted by molar-refractivity contribution is 9.10. The quantitative estimate of drug-likeness (QED) is 0.370. The number of halogens is 1. The number of aromatic amines is 1. The van der Waals surface area contributed by atoms with E-state index in [1.165, 1.54) is 22.2 Å². The van der Waals surface area contributed by atoms with Crippen molar-refractivity contribution in [2.45, 2.75) is 36.8 Å². The zero-order valence-corrected chi connectivity index (χ0v) is 20.9. The molecule has 1 aliphatic carbocycles. The molecule has 2 aliphatic rings. The van der Waals surface area contributed by atoms with Gasteiger partial charge in [-0.25, -0.2) is 0 Å². The molecule has 0 unspecified atom stereocenters. The first-order chi connectivity index (χ1) is 16.5. The van der Waals surface area contributed by atoms with Gasteiger partial charge < -0.3 is 14.8 Å². The standard InChI is InChI=1S/C29H29BrN2O2/c1-34-22-10-5-9-21(15-22)28-13-14-32(18-20-7-3-2-4-8-20)19-29(28,33)16-23-26(17-28)31-25-12-6-11-24(30)27(23)25/h2-12,15,31,33H,13-14,16-19H2,1H3/t28-,29-/m0/s1. The Hall–Kier alpha value is -2.60. The summed E-state index contributed by atoms with van der Waals surface area (Å²) in [5.74, 6) is 0.839. The Kier molecular flexibility index (Phi) is 5.32. The van der Waals surface area contributed by atoms with E-state index in [0.29, 0.717) is 13.0 Å². The van der Waals surface area contributed by atoms with Crippen LogP contribution in [0.5, 0.6) is 5.75 Å². The number of rotatable bonds is 4. The second-order valence-electron chi connectivity index (χ2n) is 9.89. The molecular formula is C29H29BrN2O2. The van der Waals surface area contributed by atoms with Crippen molar-refractivity contribution in [3.63, 3.8) is 0 Å². The number of methoxy groups -OCH3 is 1. The predicted molar refractivity (Wildman–Crippen MR) is 139 cm³/mol. The zero-order valence-electron chi connectivity index (χ0n) is 19.4. The van der Waals surface area contributed by atoms with Crippen LogP contribution in [0.4, 0.5) is 0 Å². The molecule has 0 bridgehead atoms. The molecule has 0 saturated carbocycles. The Morgan fingerprint density at radius 3 is 2.68 bits per heavy atom. The lowest BCUT2D eigenvalue weighted by atomic mass is 9.56. The van der Waals surface area contributed by atoms with Gasteiger partial charge in [0.15, 0.2) is 0 Å². The first-order valence-electron chi connectivity index (χ1n) is 11.9. The minimum Gasteiger partial charge on any atom is -0.497 e. The SMILES string of the molecule is COc1cccc([C@@]23CCN(Cc4ccccc4)C[C@@]2(O)Cc2c([nH]c4cccc(Br)c24)C3)c1. The van der Waals surface area contributed by atoms with E-state index in [4.69, 9.17) is 4.74 Å². The molecule has 0 amide bonds. The molecule has 5 heteroatoms. The number of nitrogens with zero attached hydrogens (tertiary/aromatic N) is 1. The van der Waals surface area contributed by atoms with Gasteiger partial charge in [0.25, 0.3) is 0 Å². The molecule has 1 fully saturated rings. The minimum atomic E-state index is -0.899. The number of hydrogen-bond donors (Lipinski definition) is 2. The van der Waals surface area contributed by atoms with Crippen LogP contribution in [0.25, 0.3) is 10.9 Å². The lowest BCUT2D eigenvalue weighted by Crippen LogP contribution is -2.66. The van der Waals surface area contributed by atoms with Crippen molar-refractivity contribution in [1.82, 2.24) is 9.88 Å². The minimum absolute atomic E-state index is 0.380. The fourth-order valence-corrected chi connectivity index (χ4v) is 6.94. The number of aliphatic hydroxyl groups is 1. The zero-order chi connectivity index (χ0) is 23.3. The largest absolute Gasteiger partial charge is 0.497 e. The third-order valence-corrected chi connectivity index (χ3v) is 8.68. The van der Waals surface area contributed by atoms with E-state index in [1.54, 1.807) is 7.11 Å². The van der Waals surface area contributed by atoms with Gasteiger partial charge in [-0.15, -0.1) is 0 Å². The number of β-amino-alcohol motifs (C(OH)–C–C–N with tert-alkyl or cyclic N) is 1. The van der Waals surface area contributed by atoms with E-state index in [2.05, 4.69) is 92.5 Å². The first-order valence-corrected chi connectivity index (χ1v) is 12.7. The third kappa shape index (κ3) is 3.41.